The van der Waals surface area contributed by atoms with Gasteiger partial charge in [-0.1, -0.05) is 11.6 Å². The third-order valence-electron chi connectivity index (χ3n) is 6.70. The van der Waals surface area contributed by atoms with Gasteiger partial charge >= 0.3 is 0 Å². The number of nitrogens with zero attached hydrogens (tertiary/aromatic N) is 5. The molecule has 2 aliphatic rings. The number of hydrogen-bond donors (Lipinski definition) is 2. The zero-order valence-electron chi connectivity index (χ0n) is 20.2. The summed E-state index contributed by atoms with van der Waals surface area (Å²) in [5, 5.41) is 6.56. The van der Waals surface area contributed by atoms with Crippen LogP contribution in [0.2, 0.25) is 5.02 Å². The Kier molecular flexibility index (Phi) is 7.15. The Bertz CT molecular complexity index is 1240. The number of nitrogens with one attached hydrogen (secondary N) is 2. The van der Waals surface area contributed by atoms with E-state index >= 15 is 0 Å². The number of anilines is 3. The molecule has 11 heteroatoms. The second-order valence-electron chi connectivity index (χ2n) is 9.60. The summed E-state index contributed by atoms with van der Waals surface area (Å²) in [5.74, 6) is 0.740. The van der Waals surface area contributed by atoms with E-state index in [4.69, 9.17) is 16.3 Å². The Morgan fingerprint density at radius 3 is 2.58 bits per heavy atom. The second kappa shape index (κ2) is 10.5. The molecule has 9 nitrogen and oxygen atoms in total. The zero-order valence-corrected chi connectivity index (χ0v) is 21.0. The number of benzene rings is 1. The van der Waals surface area contributed by atoms with Gasteiger partial charge in [0.15, 0.2) is 5.82 Å². The highest BCUT2D eigenvalue weighted by Gasteiger charge is 2.33. The van der Waals surface area contributed by atoms with Crippen LogP contribution in [0.15, 0.2) is 30.7 Å². The maximum Gasteiger partial charge on any atom is 0.225 e. The smallest absolute Gasteiger partial charge is 0.225 e. The molecule has 1 aromatic carbocycles. The van der Waals surface area contributed by atoms with Crippen LogP contribution < -0.4 is 10.6 Å². The van der Waals surface area contributed by atoms with Crippen LogP contribution in [0.1, 0.15) is 39.5 Å². The minimum Gasteiger partial charge on any atom is -0.372 e. The normalized spacial score (nSPS) is 24.5. The first kappa shape index (κ1) is 24.6. The van der Waals surface area contributed by atoms with Crippen LogP contribution in [0.3, 0.4) is 0 Å². The standard InChI is InChI=1S/C25H29ClFN7O2/c1-14-11-34(12-15(2)36-14)24(35)16-3-5-17(6-4-16)32-25-28-10-21-22(33-25)23(30-13-29-21)31-18-7-8-20(27)19(26)9-18/h7-10,13-17H,3-6,11-12H2,1-2H3,(H,28,32,33)(H,29,30,31)/t14?,15?,16-,17-. The van der Waals surface area contributed by atoms with Gasteiger partial charge in [-0.05, 0) is 57.7 Å². The number of hydrogen-bond acceptors (Lipinski definition) is 8. The topological polar surface area (TPSA) is 105 Å². The van der Waals surface area contributed by atoms with Crippen molar-refractivity contribution in [1.82, 2.24) is 24.8 Å². The summed E-state index contributed by atoms with van der Waals surface area (Å²) < 4.78 is 19.3. The molecule has 190 valence electrons. The molecule has 1 saturated carbocycles. The van der Waals surface area contributed by atoms with E-state index in [0.717, 1.165) is 25.7 Å². The van der Waals surface area contributed by atoms with Gasteiger partial charge in [0.05, 0.1) is 23.4 Å². The predicted molar refractivity (Wildman–Crippen MR) is 136 cm³/mol. The summed E-state index contributed by atoms with van der Waals surface area (Å²) in [6.07, 6.45) is 6.58. The van der Waals surface area contributed by atoms with E-state index in [0.29, 0.717) is 41.6 Å². The van der Waals surface area contributed by atoms with Gasteiger partial charge in [-0.3, -0.25) is 4.79 Å². The van der Waals surface area contributed by atoms with Gasteiger partial charge < -0.3 is 20.3 Å². The van der Waals surface area contributed by atoms with Crippen LogP contribution in [0.25, 0.3) is 11.0 Å². The number of aromatic nitrogens is 4. The summed E-state index contributed by atoms with van der Waals surface area (Å²) in [4.78, 5) is 32.6. The van der Waals surface area contributed by atoms with Crippen LogP contribution in [0, 0.1) is 11.7 Å². The lowest BCUT2D eigenvalue weighted by Gasteiger charge is -2.38. The summed E-state index contributed by atoms with van der Waals surface area (Å²) in [6, 6.07) is 4.53. The molecular formula is C25H29ClFN7O2. The first-order valence-electron chi connectivity index (χ1n) is 12.3. The predicted octanol–water partition coefficient (Wildman–Crippen LogP) is 4.56. The maximum atomic E-state index is 13.5. The largest absolute Gasteiger partial charge is 0.372 e. The number of ether oxygens (including phenoxy) is 1. The molecule has 1 aliphatic carbocycles. The van der Waals surface area contributed by atoms with Crippen molar-refractivity contribution in [3.8, 4) is 0 Å². The van der Waals surface area contributed by atoms with E-state index in [-0.39, 0.29) is 35.1 Å². The quantitative estimate of drug-likeness (QED) is 0.511. The Morgan fingerprint density at radius 2 is 1.86 bits per heavy atom. The van der Waals surface area contributed by atoms with E-state index in [1.54, 1.807) is 12.3 Å². The lowest BCUT2D eigenvalue weighted by molar-refractivity contribution is -0.148. The van der Waals surface area contributed by atoms with Crippen LogP contribution in [0.4, 0.5) is 21.8 Å². The fraction of sp³-hybridized carbons (Fsp3) is 0.480. The van der Waals surface area contributed by atoms with Crippen molar-refractivity contribution in [2.24, 2.45) is 5.92 Å². The molecule has 2 fully saturated rings. The molecule has 2 atom stereocenters. The van der Waals surface area contributed by atoms with E-state index in [9.17, 15) is 9.18 Å². The molecule has 0 spiro atoms. The Balaban J connectivity index is 1.23. The van der Waals surface area contributed by atoms with Gasteiger partial charge in [0.1, 0.15) is 23.2 Å². The molecule has 1 saturated heterocycles. The molecule has 0 bridgehead atoms. The van der Waals surface area contributed by atoms with Crippen LogP contribution in [-0.2, 0) is 9.53 Å². The average molecular weight is 514 g/mol. The lowest BCUT2D eigenvalue weighted by Crippen LogP contribution is -2.50. The van der Waals surface area contributed by atoms with Crippen molar-refractivity contribution in [3.63, 3.8) is 0 Å². The minimum absolute atomic E-state index is 0.0158. The van der Waals surface area contributed by atoms with Crippen molar-refractivity contribution in [2.75, 3.05) is 23.7 Å². The third kappa shape index (κ3) is 5.49. The van der Waals surface area contributed by atoms with Gasteiger partial charge in [0.2, 0.25) is 11.9 Å². The van der Waals surface area contributed by atoms with Crippen molar-refractivity contribution in [2.45, 2.75) is 57.8 Å². The van der Waals surface area contributed by atoms with E-state index in [1.165, 1.54) is 18.5 Å². The molecule has 36 heavy (non-hydrogen) atoms. The van der Waals surface area contributed by atoms with Gasteiger partial charge in [0, 0.05) is 30.7 Å². The lowest BCUT2D eigenvalue weighted by atomic mass is 9.85. The SMILES string of the molecule is CC1CN(C(=O)[C@H]2CC[C@H](Nc3ncc4ncnc(Nc5ccc(F)c(Cl)c5)c4n3)CC2)CC(C)O1. The summed E-state index contributed by atoms with van der Waals surface area (Å²) in [5.41, 5.74) is 1.70. The van der Waals surface area contributed by atoms with Crippen molar-refractivity contribution in [3.05, 3.63) is 41.6 Å². The highest BCUT2D eigenvalue weighted by atomic mass is 35.5. The Labute approximate surface area is 213 Å². The molecule has 5 rings (SSSR count). The molecule has 3 aromatic rings. The number of morpholine rings is 1. The molecule has 2 unspecified atom stereocenters. The van der Waals surface area contributed by atoms with Crippen LogP contribution in [-0.4, -0.2) is 62.1 Å². The average Bonchev–Trinajstić information content (AvgIpc) is 2.86. The first-order chi connectivity index (χ1) is 17.4. The van der Waals surface area contributed by atoms with Gasteiger partial charge in [-0.25, -0.2) is 24.3 Å². The number of carbonyl (C=O) groups excluding carboxylic acids is 1. The molecule has 2 N–H and O–H groups in total. The summed E-state index contributed by atoms with van der Waals surface area (Å²) >= 11 is 5.91. The maximum absolute atomic E-state index is 13.5. The Morgan fingerprint density at radius 1 is 1.11 bits per heavy atom. The van der Waals surface area contributed by atoms with Crippen LogP contribution >= 0.6 is 11.6 Å². The monoisotopic (exact) mass is 513 g/mol. The van der Waals surface area contributed by atoms with E-state index < -0.39 is 5.82 Å². The number of amides is 1. The summed E-state index contributed by atoms with van der Waals surface area (Å²) in [6.45, 7) is 5.35. The number of carbonyl (C=O) groups is 1. The van der Waals surface area contributed by atoms with Crippen molar-refractivity contribution >= 4 is 46.0 Å². The molecule has 1 aliphatic heterocycles. The molecular weight excluding hydrogens is 485 g/mol. The fourth-order valence-corrected chi connectivity index (χ4v) is 5.19. The van der Waals surface area contributed by atoms with Crippen molar-refractivity contribution in [1.29, 1.82) is 0 Å². The van der Waals surface area contributed by atoms with Gasteiger partial charge in [-0.2, -0.15) is 0 Å². The highest BCUT2D eigenvalue weighted by Crippen LogP contribution is 2.30. The number of fused-ring (bicyclic) bond motifs is 1. The second-order valence-corrected chi connectivity index (χ2v) is 10.0. The molecule has 3 heterocycles. The molecule has 0 radical (unpaired) electrons. The minimum atomic E-state index is -0.492. The summed E-state index contributed by atoms with van der Waals surface area (Å²) in [7, 11) is 0. The van der Waals surface area contributed by atoms with Crippen LogP contribution in [0.5, 0.6) is 0 Å². The van der Waals surface area contributed by atoms with Gasteiger partial charge in [-0.15, -0.1) is 0 Å². The highest BCUT2D eigenvalue weighted by molar-refractivity contribution is 6.31. The van der Waals surface area contributed by atoms with Crippen molar-refractivity contribution < 1.29 is 13.9 Å². The first-order valence-corrected chi connectivity index (χ1v) is 12.6. The number of rotatable bonds is 5. The molecule has 1 amide bonds. The third-order valence-corrected chi connectivity index (χ3v) is 6.99. The molecule has 2 aromatic heterocycles. The number of halogens is 2. The van der Waals surface area contributed by atoms with E-state index in [2.05, 4.69) is 30.6 Å². The van der Waals surface area contributed by atoms with Gasteiger partial charge in [0.25, 0.3) is 0 Å². The Hall–Kier alpha value is -3.11. The zero-order chi connectivity index (χ0) is 25.2. The fourth-order valence-electron chi connectivity index (χ4n) is 5.01. The van der Waals surface area contributed by atoms with E-state index in [1.807, 2.05) is 18.7 Å².